The number of hydrogen-bond donors (Lipinski definition) is 1. The molecule has 1 unspecified atom stereocenters. The largest absolute Gasteiger partial charge is 0.496 e. The van der Waals surface area contributed by atoms with Crippen LogP contribution in [0.25, 0.3) is 11.4 Å². The van der Waals surface area contributed by atoms with Crippen molar-refractivity contribution < 1.29 is 22.4 Å². The Morgan fingerprint density at radius 2 is 1.85 bits per heavy atom. The number of ether oxygens (including phenoxy) is 1. The molecule has 0 radical (unpaired) electrons. The molecule has 7 nitrogen and oxygen atoms in total. The van der Waals surface area contributed by atoms with E-state index >= 15 is 0 Å². The Morgan fingerprint density at radius 1 is 1.15 bits per heavy atom. The van der Waals surface area contributed by atoms with Crippen LogP contribution in [0.15, 0.2) is 41.2 Å². The Balaban J connectivity index is 1.74. The predicted octanol–water partition coefficient (Wildman–Crippen LogP) is 3.73. The quantitative estimate of drug-likeness (QED) is 0.737. The van der Waals surface area contributed by atoms with Crippen molar-refractivity contribution in [2.75, 3.05) is 12.4 Å². The monoisotopic (exact) mass is 365 g/mol. The highest BCUT2D eigenvalue weighted by molar-refractivity contribution is 5.52. The molecule has 0 saturated carbocycles. The Labute approximate surface area is 146 Å². The number of methoxy groups -OCH3 is 1. The SMILES string of the molecule is COc1ccccc1C(C)Nc1ncc(-c2noc(C(F)(F)F)n2)cn1. The van der Waals surface area contributed by atoms with Gasteiger partial charge in [-0.15, -0.1) is 0 Å². The van der Waals surface area contributed by atoms with Gasteiger partial charge in [0.25, 0.3) is 0 Å². The van der Waals surface area contributed by atoms with E-state index in [1.807, 2.05) is 31.2 Å². The van der Waals surface area contributed by atoms with Crippen molar-refractivity contribution in [1.29, 1.82) is 0 Å². The summed E-state index contributed by atoms with van der Waals surface area (Å²) < 4.78 is 47.0. The summed E-state index contributed by atoms with van der Waals surface area (Å²) in [7, 11) is 1.58. The highest BCUT2D eigenvalue weighted by Crippen LogP contribution is 2.29. The third kappa shape index (κ3) is 3.73. The van der Waals surface area contributed by atoms with E-state index in [2.05, 4.69) is 29.9 Å². The van der Waals surface area contributed by atoms with E-state index in [9.17, 15) is 13.2 Å². The zero-order valence-corrected chi connectivity index (χ0v) is 13.8. The first-order chi connectivity index (χ1) is 12.4. The standard InChI is InChI=1S/C16H14F3N5O2/c1-9(11-5-3-4-6-12(11)25-2)22-15-20-7-10(8-21-15)13-23-14(26-24-13)16(17,18)19/h3-9H,1-2H3,(H,20,21,22). The first-order valence-electron chi connectivity index (χ1n) is 7.51. The second-order valence-corrected chi connectivity index (χ2v) is 5.32. The lowest BCUT2D eigenvalue weighted by Gasteiger charge is -2.17. The highest BCUT2D eigenvalue weighted by Gasteiger charge is 2.38. The van der Waals surface area contributed by atoms with E-state index in [4.69, 9.17) is 4.74 Å². The maximum absolute atomic E-state index is 12.5. The second kappa shape index (κ2) is 6.98. The summed E-state index contributed by atoms with van der Waals surface area (Å²) in [5.74, 6) is -0.636. The molecule has 1 atom stereocenters. The number of benzene rings is 1. The van der Waals surface area contributed by atoms with Crippen molar-refractivity contribution in [3.8, 4) is 17.1 Å². The van der Waals surface area contributed by atoms with Gasteiger partial charge < -0.3 is 14.6 Å². The number of rotatable bonds is 5. The zero-order chi connectivity index (χ0) is 18.7. The maximum Gasteiger partial charge on any atom is 0.471 e. The summed E-state index contributed by atoms with van der Waals surface area (Å²) in [5.41, 5.74) is 1.12. The Bertz CT molecular complexity index is 880. The summed E-state index contributed by atoms with van der Waals surface area (Å²) in [6.45, 7) is 1.91. The van der Waals surface area contributed by atoms with E-state index in [0.717, 1.165) is 11.3 Å². The van der Waals surface area contributed by atoms with E-state index in [1.165, 1.54) is 12.4 Å². The van der Waals surface area contributed by atoms with Gasteiger partial charge in [0.05, 0.1) is 18.7 Å². The van der Waals surface area contributed by atoms with Gasteiger partial charge in [0.15, 0.2) is 0 Å². The summed E-state index contributed by atoms with van der Waals surface area (Å²) in [6, 6.07) is 7.34. The van der Waals surface area contributed by atoms with E-state index in [0.29, 0.717) is 5.95 Å². The Kier molecular flexibility index (Phi) is 4.74. The number of para-hydroxylation sites is 1. The Morgan fingerprint density at radius 3 is 2.46 bits per heavy atom. The normalized spacial score (nSPS) is 12.7. The van der Waals surface area contributed by atoms with Gasteiger partial charge in [0, 0.05) is 18.0 Å². The number of alkyl halides is 3. The molecule has 2 heterocycles. The summed E-state index contributed by atoms with van der Waals surface area (Å²) >= 11 is 0. The van der Waals surface area contributed by atoms with Gasteiger partial charge in [-0.3, -0.25) is 0 Å². The molecule has 136 valence electrons. The van der Waals surface area contributed by atoms with Crippen molar-refractivity contribution in [2.24, 2.45) is 0 Å². The Hall–Kier alpha value is -3.17. The highest BCUT2D eigenvalue weighted by atomic mass is 19.4. The molecule has 2 aromatic heterocycles. The van der Waals surface area contributed by atoms with E-state index in [1.54, 1.807) is 7.11 Å². The molecule has 0 aliphatic heterocycles. The van der Waals surface area contributed by atoms with Crippen LogP contribution in [0.3, 0.4) is 0 Å². The fourth-order valence-corrected chi connectivity index (χ4v) is 2.27. The van der Waals surface area contributed by atoms with Crippen molar-refractivity contribution in [2.45, 2.75) is 19.1 Å². The van der Waals surface area contributed by atoms with Crippen molar-refractivity contribution in [3.05, 3.63) is 48.1 Å². The van der Waals surface area contributed by atoms with Crippen LogP contribution in [0.5, 0.6) is 5.75 Å². The summed E-state index contributed by atoms with van der Waals surface area (Å²) in [6.07, 6.45) is -2.07. The molecule has 0 aliphatic carbocycles. The third-order valence-corrected chi connectivity index (χ3v) is 3.53. The number of anilines is 1. The molecule has 3 aromatic rings. The van der Waals surface area contributed by atoms with Crippen LogP contribution in [-0.2, 0) is 6.18 Å². The number of aromatic nitrogens is 4. The fourth-order valence-electron chi connectivity index (χ4n) is 2.27. The average Bonchev–Trinajstić information content (AvgIpc) is 3.13. The molecule has 0 aliphatic rings. The first-order valence-corrected chi connectivity index (χ1v) is 7.51. The molecule has 0 bridgehead atoms. The maximum atomic E-state index is 12.5. The van der Waals surface area contributed by atoms with Crippen LogP contribution in [0.1, 0.15) is 24.4 Å². The van der Waals surface area contributed by atoms with E-state index < -0.39 is 12.1 Å². The lowest BCUT2D eigenvalue weighted by atomic mass is 10.1. The predicted molar refractivity (Wildman–Crippen MR) is 85.4 cm³/mol. The molecule has 26 heavy (non-hydrogen) atoms. The third-order valence-electron chi connectivity index (χ3n) is 3.53. The molecule has 3 rings (SSSR count). The van der Waals surface area contributed by atoms with Crippen molar-refractivity contribution >= 4 is 5.95 Å². The molecular formula is C16H14F3N5O2. The van der Waals surface area contributed by atoms with Crippen molar-refractivity contribution in [1.82, 2.24) is 20.1 Å². The molecule has 1 aromatic carbocycles. The van der Waals surface area contributed by atoms with Gasteiger partial charge in [0.1, 0.15) is 5.75 Å². The zero-order valence-electron chi connectivity index (χ0n) is 13.8. The van der Waals surface area contributed by atoms with Gasteiger partial charge in [-0.05, 0) is 13.0 Å². The number of nitrogens with one attached hydrogen (secondary N) is 1. The molecule has 0 saturated heterocycles. The number of nitrogens with zero attached hydrogens (tertiary/aromatic N) is 4. The van der Waals surface area contributed by atoms with Crippen LogP contribution in [-0.4, -0.2) is 27.2 Å². The molecular weight excluding hydrogens is 351 g/mol. The average molecular weight is 365 g/mol. The minimum Gasteiger partial charge on any atom is -0.496 e. The van der Waals surface area contributed by atoms with Crippen LogP contribution in [0, 0.1) is 0 Å². The molecule has 10 heteroatoms. The van der Waals surface area contributed by atoms with Gasteiger partial charge in [0.2, 0.25) is 11.8 Å². The van der Waals surface area contributed by atoms with Gasteiger partial charge in [-0.1, -0.05) is 23.4 Å². The van der Waals surface area contributed by atoms with Crippen LogP contribution < -0.4 is 10.1 Å². The lowest BCUT2D eigenvalue weighted by molar-refractivity contribution is -0.159. The molecule has 1 N–H and O–H groups in total. The fraction of sp³-hybridized carbons (Fsp3) is 0.250. The van der Waals surface area contributed by atoms with Gasteiger partial charge in [-0.25, -0.2) is 9.97 Å². The second-order valence-electron chi connectivity index (χ2n) is 5.32. The smallest absolute Gasteiger partial charge is 0.471 e. The lowest BCUT2D eigenvalue weighted by Crippen LogP contribution is -2.10. The summed E-state index contributed by atoms with van der Waals surface area (Å²) in [5, 5.41) is 6.39. The minimum absolute atomic E-state index is 0.154. The summed E-state index contributed by atoms with van der Waals surface area (Å²) in [4.78, 5) is 11.5. The van der Waals surface area contributed by atoms with Crippen LogP contribution in [0.4, 0.5) is 19.1 Å². The van der Waals surface area contributed by atoms with Gasteiger partial charge in [-0.2, -0.15) is 18.2 Å². The first kappa shape index (κ1) is 17.6. The van der Waals surface area contributed by atoms with Crippen molar-refractivity contribution in [3.63, 3.8) is 0 Å². The topological polar surface area (TPSA) is 86.0 Å². The molecule has 0 spiro atoms. The van der Waals surface area contributed by atoms with Crippen LogP contribution >= 0.6 is 0 Å². The number of hydrogen-bond acceptors (Lipinski definition) is 7. The molecule has 0 amide bonds. The number of halogens is 3. The van der Waals surface area contributed by atoms with E-state index in [-0.39, 0.29) is 17.4 Å². The minimum atomic E-state index is -4.70. The van der Waals surface area contributed by atoms with Gasteiger partial charge >= 0.3 is 12.1 Å². The van der Waals surface area contributed by atoms with Crippen LogP contribution in [0.2, 0.25) is 0 Å². The molecule has 0 fully saturated rings.